The van der Waals surface area contributed by atoms with Gasteiger partial charge in [0.1, 0.15) is 0 Å². The fourth-order valence-electron chi connectivity index (χ4n) is 2.66. The molecule has 0 aliphatic carbocycles. The van der Waals surface area contributed by atoms with Gasteiger partial charge in [0, 0.05) is 24.4 Å². The maximum absolute atomic E-state index is 12.3. The number of aryl methyl sites for hydroxylation is 1. The Balaban J connectivity index is 1.51. The van der Waals surface area contributed by atoms with Crippen LogP contribution in [0.3, 0.4) is 0 Å². The van der Waals surface area contributed by atoms with Gasteiger partial charge in [-0.05, 0) is 35.7 Å². The zero-order valence-electron chi connectivity index (χ0n) is 13.5. The lowest BCUT2D eigenvalue weighted by Crippen LogP contribution is -2.34. The van der Waals surface area contributed by atoms with Crippen molar-refractivity contribution >= 4 is 23.2 Å². The zero-order chi connectivity index (χ0) is 16.9. The van der Waals surface area contributed by atoms with Gasteiger partial charge in [-0.15, -0.1) is 0 Å². The Morgan fingerprint density at radius 1 is 1.29 bits per heavy atom. The summed E-state index contributed by atoms with van der Waals surface area (Å²) in [5.41, 5.74) is 4.17. The van der Waals surface area contributed by atoms with Gasteiger partial charge in [0.05, 0.1) is 5.71 Å². The fraction of sp³-hybridized carbons (Fsp3) is 0.263. The third-order valence-electron chi connectivity index (χ3n) is 4.03. The number of amides is 1. The maximum atomic E-state index is 12.3. The summed E-state index contributed by atoms with van der Waals surface area (Å²) >= 11 is 5.99. The first-order chi connectivity index (χ1) is 11.6. The minimum Gasteiger partial charge on any atom is -0.382 e. The third kappa shape index (κ3) is 4.15. The minimum absolute atomic E-state index is 0.136. The summed E-state index contributed by atoms with van der Waals surface area (Å²) in [4.78, 5) is 17.5. The first-order valence-electron chi connectivity index (χ1n) is 7.90. The van der Waals surface area contributed by atoms with E-state index < -0.39 is 6.10 Å². The summed E-state index contributed by atoms with van der Waals surface area (Å²) in [6, 6.07) is 15.6. The van der Waals surface area contributed by atoms with Crippen LogP contribution >= 0.6 is 11.6 Å². The minimum atomic E-state index is -0.553. The molecule has 0 spiro atoms. The average Bonchev–Trinajstić information content (AvgIpc) is 3.02. The van der Waals surface area contributed by atoms with Crippen LogP contribution in [0.25, 0.3) is 0 Å². The Morgan fingerprint density at radius 3 is 2.92 bits per heavy atom. The maximum Gasteiger partial charge on any atom is 0.264 e. The number of nitrogens with zero attached hydrogens (tertiary/aromatic N) is 1. The lowest BCUT2D eigenvalue weighted by molar-refractivity contribution is -0.131. The van der Waals surface area contributed by atoms with Gasteiger partial charge in [0.25, 0.3) is 5.91 Å². The molecule has 0 saturated carbocycles. The molecule has 1 aliphatic rings. The SMILES string of the molecule is Cc1ccccc1CNC(=O)[C@@H]1CC(Cc2cccc(Cl)c2)=NO1. The summed E-state index contributed by atoms with van der Waals surface area (Å²) in [5.74, 6) is -0.136. The normalized spacial score (nSPS) is 16.4. The second-order valence-corrected chi connectivity index (χ2v) is 6.34. The van der Waals surface area contributed by atoms with Crippen molar-refractivity contribution in [2.45, 2.75) is 32.4 Å². The molecule has 0 fully saturated rings. The number of benzene rings is 2. The van der Waals surface area contributed by atoms with Crippen LogP contribution in [0.1, 0.15) is 23.1 Å². The molecule has 0 unspecified atom stereocenters. The summed E-state index contributed by atoms with van der Waals surface area (Å²) < 4.78 is 0. The van der Waals surface area contributed by atoms with E-state index in [2.05, 4.69) is 10.5 Å². The molecule has 0 bridgehead atoms. The monoisotopic (exact) mass is 342 g/mol. The van der Waals surface area contributed by atoms with Crippen LogP contribution < -0.4 is 5.32 Å². The van der Waals surface area contributed by atoms with E-state index in [4.69, 9.17) is 16.4 Å². The van der Waals surface area contributed by atoms with Crippen LogP contribution in [0.4, 0.5) is 0 Å². The van der Waals surface area contributed by atoms with E-state index >= 15 is 0 Å². The lowest BCUT2D eigenvalue weighted by atomic mass is 10.0. The van der Waals surface area contributed by atoms with Crippen molar-refractivity contribution in [3.63, 3.8) is 0 Å². The number of carbonyl (C=O) groups excluding carboxylic acids is 1. The van der Waals surface area contributed by atoms with Gasteiger partial charge >= 0.3 is 0 Å². The van der Waals surface area contributed by atoms with Crippen molar-refractivity contribution in [1.82, 2.24) is 5.32 Å². The van der Waals surface area contributed by atoms with E-state index in [9.17, 15) is 4.79 Å². The van der Waals surface area contributed by atoms with Gasteiger partial charge in [-0.25, -0.2) is 0 Å². The Morgan fingerprint density at radius 2 is 2.12 bits per heavy atom. The molecule has 5 heteroatoms. The van der Waals surface area contributed by atoms with E-state index in [-0.39, 0.29) is 5.91 Å². The second kappa shape index (κ2) is 7.49. The smallest absolute Gasteiger partial charge is 0.264 e. The Kier molecular flexibility index (Phi) is 5.16. The summed E-state index contributed by atoms with van der Waals surface area (Å²) in [7, 11) is 0. The molecular formula is C19H19ClN2O2. The van der Waals surface area contributed by atoms with Crippen LogP contribution in [0.5, 0.6) is 0 Å². The van der Waals surface area contributed by atoms with E-state index in [1.165, 1.54) is 0 Å². The topological polar surface area (TPSA) is 50.7 Å². The molecule has 0 saturated heterocycles. The second-order valence-electron chi connectivity index (χ2n) is 5.91. The van der Waals surface area contributed by atoms with Gasteiger partial charge in [0.2, 0.25) is 6.10 Å². The molecule has 124 valence electrons. The van der Waals surface area contributed by atoms with Crippen LogP contribution in [0.2, 0.25) is 5.02 Å². The summed E-state index contributed by atoms with van der Waals surface area (Å²) in [6.45, 7) is 2.52. The molecule has 1 N–H and O–H groups in total. The Labute approximate surface area is 146 Å². The van der Waals surface area contributed by atoms with Crippen molar-refractivity contribution in [3.8, 4) is 0 Å². The molecular weight excluding hydrogens is 324 g/mol. The third-order valence-corrected chi connectivity index (χ3v) is 4.27. The summed E-state index contributed by atoms with van der Waals surface area (Å²) in [6.07, 6.45) is 0.594. The molecule has 4 nitrogen and oxygen atoms in total. The highest BCUT2D eigenvalue weighted by molar-refractivity contribution is 6.30. The molecule has 1 atom stereocenters. The largest absolute Gasteiger partial charge is 0.382 e. The highest BCUT2D eigenvalue weighted by Crippen LogP contribution is 2.17. The average molecular weight is 343 g/mol. The Bertz CT molecular complexity index is 773. The van der Waals surface area contributed by atoms with Crippen LogP contribution in [0.15, 0.2) is 53.7 Å². The van der Waals surface area contributed by atoms with Crippen molar-refractivity contribution in [1.29, 1.82) is 0 Å². The molecule has 0 aromatic heterocycles. The molecule has 1 heterocycles. The number of nitrogens with one attached hydrogen (secondary N) is 1. The standard InChI is InChI=1S/C19H19ClN2O2/c1-13-5-2-3-7-15(13)12-21-19(23)18-11-17(22-24-18)10-14-6-4-8-16(20)9-14/h2-9,18H,10-12H2,1H3,(H,21,23)/t18-/m0/s1. The Hall–Kier alpha value is -2.33. The molecule has 2 aromatic carbocycles. The zero-order valence-corrected chi connectivity index (χ0v) is 14.2. The van der Waals surface area contributed by atoms with E-state index in [0.717, 1.165) is 22.4 Å². The first-order valence-corrected chi connectivity index (χ1v) is 8.28. The van der Waals surface area contributed by atoms with Crippen LogP contribution in [-0.4, -0.2) is 17.7 Å². The van der Waals surface area contributed by atoms with Gasteiger partial charge in [-0.3, -0.25) is 4.79 Å². The van der Waals surface area contributed by atoms with E-state index in [1.807, 2.05) is 55.5 Å². The van der Waals surface area contributed by atoms with Crippen molar-refractivity contribution in [2.24, 2.45) is 5.16 Å². The highest BCUT2D eigenvalue weighted by Gasteiger charge is 2.27. The fourth-order valence-corrected chi connectivity index (χ4v) is 2.87. The number of hydrogen-bond acceptors (Lipinski definition) is 3. The number of hydrogen-bond donors (Lipinski definition) is 1. The summed E-state index contributed by atoms with van der Waals surface area (Å²) in [5, 5.41) is 7.66. The molecule has 24 heavy (non-hydrogen) atoms. The number of rotatable bonds is 5. The molecule has 1 aliphatic heterocycles. The van der Waals surface area contributed by atoms with Crippen LogP contribution in [0, 0.1) is 6.92 Å². The molecule has 0 radical (unpaired) electrons. The molecule has 3 rings (SSSR count). The van der Waals surface area contributed by atoms with E-state index in [1.54, 1.807) is 0 Å². The number of carbonyl (C=O) groups is 1. The quantitative estimate of drug-likeness (QED) is 0.901. The van der Waals surface area contributed by atoms with E-state index in [0.29, 0.717) is 24.4 Å². The molecule has 2 aromatic rings. The van der Waals surface area contributed by atoms with Crippen molar-refractivity contribution in [2.75, 3.05) is 0 Å². The van der Waals surface area contributed by atoms with Gasteiger partial charge in [0.15, 0.2) is 0 Å². The predicted octanol–water partition coefficient (Wildman–Crippen LogP) is 3.65. The van der Waals surface area contributed by atoms with Gasteiger partial charge in [-0.2, -0.15) is 0 Å². The number of oxime groups is 1. The van der Waals surface area contributed by atoms with Gasteiger partial charge in [-0.1, -0.05) is 53.2 Å². The highest BCUT2D eigenvalue weighted by atomic mass is 35.5. The molecule has 1 amide bonds. The van der Waals surface area contributed by atoms with Gasteiger partial charge < -0.3 is 10.2 Å². The lowest BCUT2D eigenvalue weighted by Gasteiger charge is -2.11. The number of halogens is 1. The van der Waals surface area contributed by atoms with Crippen molar-refractivity contribution in [3.05, 3.63) is 70.2 Å². The first kappa shape index (κ1) is 16.5. The predicted molar refractivity (Wildman–Crippen MR) is 95.1 cm³/mol. The van der Waals surface area contributed by atoms with Crippen LogP contribution in [-0.2, 0) is 22.6 Å². The van der Waals surface area contributed by atoms with Crippen molar-refractivity contribution < 1.29 is 9.63 Å².